The van der Waals surface area contributed by atoms with Crippen molar-refractivity contribution < 1.29 is 14.3 Å². The molecule has 20 heavy (non-hydrogen) atoms. The highest BCUT2D eigenvalue weighted by Crippen LogP contribution is 2.19. The lowest BCUT2D eigenvalue weighted by molar-refractivity contribution is 0.0992. The van der Waals surface area contributed by atoms with Crippen LogP contribution in [0.5, 0.6) is 11.6 Å². The highest BCUT2D eigenvalue weighted by atomic mass is 16.5. The first-order valence-corrected chi connectivity index (χ1v) is 6.31. The summed E-state index contributed by atoms with van der Waals surface area (Å²) in [5.41, 5.74) is 2.49. The zero-order valence-electron chi connectivity index (χ0n) is 11.8. The number of hydrogen-bond donors (Lipinski definition) is 0. The molecule has 0 N–H and O–H groups in total. The smallest absolute Gasteiger partial charge is 0.212 e. The fourth-order valence-corrected chi connectivity index (χ4v) is 1.99. The maximum Gasteiger partial charge on any atom is 0.212 e. The summed E-state index contributed by atoms with van der Waals surface area (Å²) in [4.78, 5) is 16.4. The van der Waals surface area contributed by atoms with E-state index in [2.05, 4.69) is 4.98 Å². The number of methoxy groups -OCH3 is 2. The molecule has 1 aromatic carbocycles. The molecular formula is C16H17NO3. The maximum atomic E-state index is 12.3. The van der Waals surface area contributed by atoms with Gasteiger partial charge in [0.1, 0.15) is 5.75 Å². The number of rotatable bonds is 5. The molecule has 1 heterocycles. The number of aryl methyl sites for hydroxylation is 1. The number of nitrogens with zero attached hydrogens (tertiary/aromatic N) is 1. The van der Waals surface area contributed by atoms with Gasteiger partial charge in [0.2, 0.25) is 5.88 Å². The third-order valence-corrected chi connectivity index (χ3v) is 3.11. The van der Waals surface area contributed by atoms with E-state index in [0.717, 1.165) is 16.9 Å². The average molecular weight is 271 g/mol. The van der Waals surface area contributed by atoms with Crippen LogP contribution in [0.15, 0.2) is 36.5 Å². The molecule has 0 unspecified atom stereocenters. The molecule has 0 saturated carbocycles. The quantitative estimate of drug-likeness (QED) is 0.785. The minimum atomic E-state index is 0.0668. The molecule has 0 fully saturated rings. The van der Waals surface area contributed by atoms with E-state index in [0.29, 0.717) is 17.9 Å². The second-order valence-corrected chi connectivity index (χ2v) is 4.49. The predicted molar refractivity (Wildman–Crippen MR) is 76.6 cm³/mol. The van der Waals surface area contributed by atoms with Gasteiger partial charge < -0.3 is 9.47 Å². The zero-order valence-corrected chi connectivity index (χ0v) is 11.8. The van der Waals surface area contributed by atoms with Crippen LogP contribution >= 0.6 is 0 Å². The van der Waals surface area contributed by atoms with Crippen LogP contribution in [0.4, 0.5) is 0 Å². The topological polar surface area (TPSA) is 48.4 Å². The minimum absolute atomic E-state index is 0.0668. The van der Waals surface area contributed by atoms with Crippen molar-refractivity contribution in [2.75, 3.05) is 14.2 Å². The molecule has 0 spiro atoms. The monoisotopic (exact) mass is 271 g/mol. The Bertz CT molecular complexity index is 606. The Morgan fingerprint density at radius 2 is 1.95 bits per heavy atom. The van der Waals surface area contributed by atoms with E-state index < -0.39 is 0 Å². The third-order valence-electron chi connectivity index (χ3n) is 3.11. The molecule has 0 aliphatic rings. The summed E-state index contributed by atoms with van der Waals surface area (Å²) in [5, 5.41) is 0. The molecule has 0 radical (unpaired) electrons. The lowest BCUT2D eigenvalue weighted by Gasteiger charge is -2.07. The molecule has 0 aliphatic heterocycles. The molecule has 4 nitrogen and oxygen atoms in total. The summed E-state index contributed by atoms with van der Waals surface area (Å²) in [6, 6.07) is 9.06. The summed E-state index contributed by atoms with van der Waals surface area (Å²) < 4.78 is 10.1. The molecule has 0 bridgehead atoms. The summed E-state index contributed by atoms with van der Waals surface area (Å²) >= 11 is 0. The van der Waals surface area contributed by atoms with Crippen LogP contribution in [0.2, 0.25) is 0 Å². The van der Waals surface area contributed by atoms with E-state index in [1.54, 1.807) is 38.6 Å². The predicted octanol–water partition coefficient (Wildman–Crippen LogP) is 2.83. The van der Waals surface area contributed by atoms with Crippen LogP contribution < -0.4 is 9.47 Å². The van der Waals surface area contributed by atoms with Crippen LogP contribution in [-0.2, 0) is 6.42 Å². The molecule has 4 heteroatoms. The van der Waals surface area contributed by atoms with Crippen LogP contribution in [0.1, 0.15) is 21.5 Å². The van der Waals surface area contributed by atoms with Crippen LogP contribution in [0.25, 0.3) is 0 Å². The fraction of sp³-hybridized carbons (Fsp3) is 0.250. The number of carbonyl (C=O) groups excluding carboxylic acids is 1. The SMILES string of the molecule is COc1ccc(C(=O)Cc2ccc(OC)nc2)c(C)c1. The van der Waals surface area contributed by atoms with Crippen molar-refractivity contribution in [2.24, 2.45) is 0 Å². The van der Waals surface area contributed by atoms with Gasteiger partial charge in [0.05, 0.1) is 14.2 Å². The Morgan fingerprint density at radius 1 is 1.15 bits per heavy atom. The van der Waals surface area contributed by atoms with Gasteiger partial charge in [0.15, 0.2) is 5.78 Å². The molecular weight excluding hydrogens is 254 g/mol. The zero-order chi connectivity index (χ0) is 14.5. The number of hydrogen-bond acceptors (Lipinski definition) is 4. The van der Waals surface area contributed by atoms with Gasteiger partial charge in [0.25, 0.3) is 0 Å². The minimum Gasteiger partial charge on any atom is -0.497 e. The van der Waals surface area contributed by atoms with Gasteiger partial charge in [-0.1, -0.05) is 6.07 Å². The largest absolute Gasteiger partial charge is 0.497 e. The van der Waals surface area contributed by atoms with E-state index >= 15 is 0 Å². The molecule has 1 aromatic heterocycles. The van der Waals surface area contributed by atoms with Gasteiger partial charge in [-0.2, -0.15) is 0 Å². The van der Waals surface area contributed by atoms with Gasteiger partial charge in [-0.05, 0) is 36.2 Å². The Morgan fingerprint density at radius 3 is 2.50 bits per heavy atom. The fourth-order valence-electron chi connectivity index (χ4n) is 1.99. The number of benzene rings is 1. The van der Waals surface area contributed by atoms with Gasteiger partial charge in [-0.3, -0.25) is 4.79 Å². The number of aromatic nitrogens is 1. The van der Waals surface area contributed by atoms with Crippen molar-refractivity contribution in [3.8, 4) is 11.6 Å². The van der Waals surface area contributed by atoms with E-state index in [1.165, 1.54) is 0 Å². The second-order valence-electron chi connectivity index (χ2n) is 4.49. The van der Waals surface area contributed by atoms with Gasteiger partial charge in [-0.15, -0.1) is 0 Å². The van der Waals surface area contributed by atoms with Crippen molar-refractivity contribution in [3.05, 3.63) is 53.2 Å². The maximum absolute atomic E-state index is 12.3. The Kier molecular flexibility index (Phi) is 4.35. The van der Waals surface area contributed by atoms with Crippen molar-refractivity contribution in [1.29, 1.82) is 0 Å². The van der Waals surface area contributed by atoms with Gasteiger partial charge in [-0.25, -0.2) is 4.98 Å². The van der Waals surface area contributed by atoms with Crippen molar-refractivity contribution in [2.45, 2.75) is 13.3 Å². The Hall–Kier alpha value is -2.36. The number of ether oxygens (including phenoxy) is 2. The summed E-state index contributed by atoms with van der Waals surface area (Å²) in [6.45, 7) is 1.90. The third kappa shape index (κ3) is 3.15. The van der Waals surface area contributed by atoms with Gasteiger partial charge in [0, 0.05) is 24.2 Å². The van der Waals surface area contributed by atoms with E-state index in [1.807, 2.05) is 19.1 Å². The van der Waals surface area contributed by atoms with E-state index in [4.69, 9.17) is 9.47 Å². The summed E-state index contributed by atoms with van der Waals surface area (Å²) in [7, 11) is 3.17. The Labute approximate surface area is 118 Å². The summed E-state index contributed by atoms with van der Waals surface area (Å²) in [5.74, 6) is 1.36. The van der Waals surface area contributed by atoms with Crippen LogP contribution in [0, 0.1) is 6.92 Å². The number of pyridine rings is 1. The average Bonchev–Trinajstić information content (AvgIpc) is 2.47. The standard InChI is InChI=1S/C16H17NO3/c1-11-8-13(19-2)5-6-14(11)15(18)9-12-4-7-16(20-3)17-10-12/h4-8,10H,9H2,1-3H3. The van der Waals surface area contributed by atoms with Crippen LogP contribution in [-0.4, -0.2) is 25.0 Å². The molecule has 0 amide bonds. The number of carbonyl (C=O) groups is 1. The molecule has 0 aliphatic carbocycles. The first kappa shape index (κ1) is 14.1. The summed E-state index contributed by atoms with van der Waals surface area (Å²) in [6.07, 6.45) is 1.99. The van der Waals surface area contributed by atoms with Crippen molar-refractivity contribution >= 4 is 5.78 Å². The molecule has 0 saturated heterocycles. The Balaban J connectivity index is 2.14. The second kappa shape index (κ2) is 6.19. The van der Waals surface area contributed by atoms with Crippen LogP contribution in [0.3, 0.4) is 0 Å². The first-order chi connectivity index (χ1) is 9.63. The molecule has 2 aromatic rings. The van der Waals surface area contributed by atoms with Crippen molar-refractivity contribution in [1.82, 2.24) is 4.98 Å². The highest BCUT2D eigenvalue weighted by Gasteiger charge is 2.11. The molecule has 104 valence electrons. The first-order valence-electron chi connectivity index (χ1n) is 6.31. The molecule has 2 rings (SSSR count). The van der Waals surface area contributed by atoms with E-state index in [-0.39, 0.29) is 5.78 Å². The number of Topliss-reactive ketones (excluding diaryl/α,β-unsaturated/α-hetero) is 1. The van der Waals surface area contributed by atoms with Gasteiger partial charge >= 0.3 is 0 Å². The van der Waals surface area contributed by atoms with Crippen molar-refractivity contribution in [3.63, 3.8) is 0 Å². The normalized spacial score (nSPS) is 10.2. The highest BCUT2D eigenvalue weighted by molar-refractivity contribution is 5.98. The lowest BCUT2D eigenvalue weighted by atomic mass is 10.00. The lowest BCUT2D eigenvalue weighted by Crippen LogP contribution is -2.06. The van der Waals surface area contributed by atoms with E-state index in [9.17, 15) is 4.79 Å². The number of ketones is 1. The molecule has 0 atom stereocenters.